The van der Waals surface area contributed by atoms with Crippen LogP contribution >= 0.6 is 0 Å². The molecule has 0 aliphatic carbocycles. The van der Waals surface area contributed by atoms with Gasteiger partial charge < -0.3 is 54.7 Å². The van der Waals surface area contributed by atoms with Crippen LogP contribution in [0.3, 0.4) is 0 Å². The number of carbonyl (C=O) groups is 4. The Morgan fingerprint density at radius 2 is 0.412 bits per heavy atom. The monoisotopic (exact) mass is 1590 g/mol. The van der Waals surface area contributed by atoms with E-state index in [1.54, 1.807) is 0 Å². The number of aliphatic hydroxyl groups excluding tert-OH is 7. The summed E-state index contributed by atoms with van der Waals surface area (Å²) in [5.41, 5.74) is 0. The van der Waals surface area contributed by atoms with Crippen LogP contribution in [0.15, 0.2) is 255 Å². The summed E-state index contributed by atoms with van der Waals surface area (Å²) >= 11 is 0. The maximum atomic E-state index is 11.4. The number of unbranched alkanes of at least 4 members (excludes halogenated alkanes) is 7. The number of hydrogen-bond donors (Lipinski definition) is 7. The van der Waals surface area contributed by atoms with Gasteiger partial charge in [-0.1, -0.05) is 309 Å². The van der Waals surface area contributed by atoms with Crippen molar-refractivity contribution < 1.29 is 73.9 Å². The Morgan fingerprint density at radius 1 is 0.219 bits per heavy atom. The first-order valence-corrected chi connectivity index (χ1v) is 42.6. The molecule has 0 fully saturated rings. The van der Waals surface area contributed by atoms with Gasteiger partial charge in [-0.25, -0.2) is 0 Å². The molecule has 7 N–H and O–H groups in total. The zero-order valence-electron chi connectivity index (χ0n) is 71.1. The van der Waals surface area contributed by atoms with Gasteiger partial charge in [0, 0.05) is 25.7 Å². The molecular formula is C99H156O15. The first kappa shape index (κ1) is 112. The fraction of sp³-hybridized carbons (Fsp3) is 0.535. The molecule has 0 aromatic rings. The molecule has 4 unspecified atom stereocenters. The van der Waals surface area contributed by atoms with Crippen LogP contribution in [0, 0.1) is 0 Å². The smallest absolute Gasteiger partial charge is 0.306 e. The van der Waals surface area contributed by atoms with Gasteiger partial charge in [-0.2, -0.15) is 0 Å². The second-order valence-corrected chi connectivity index (χ2v) is 26.5. The minimum atomic E-state index is -0.996. The predicted octanol–water partition coefficient (Wildman–Crippen LogP) is 22.8. The summed E-state index contributed by atoms with van der Waals surface area (Å²) in [5.74, 6) is -1.26. The van der Waals surface area contributed by atoms with Crippen LogP contribution in [0.4, 0.5) is 0 Å². The van der Waals surface area contributed by atoms with Crippen LogP contribution in [0.25, 0.3) is 0 Å². The minimum Gasteiger partial charge on any atom is -0.463 e. The molecule has 15 nitrogen and oxygen atoms in total. The average Bonchev–Trinajstić information content (AvgIpc) is 1.07. The zero-order valence-corrected chi connectivity index (χ0v) is 71.1. The molecule has 15 heteroatoms. The fourth-order valence-corrected chi connectivity index (χ4v) is 9.00. The van der Waals surface area contributed by atoms with Crippen molar-refractivity contribution in [2.45, 2.75) is 297 Å². The van der Waals surface area contributed by atoms with Gasteiger partial charge >= 0.3 is 23.9 Å². The maximum Gasteiger partial charge on any atom is 0.306 e. The molecule has 642 valence electrons. The Labute approximate surface area is 692 Å². The normalized spacial score (nSPS) is 13.7. The van der Waals surface area contributed by atoms with Crippen LogP contribution < -0.4 is 0 Å². The summed E-state index contributed by atoms with van der Waals surface area (Å²) in [6.07, 6.45) is 121. The van der Waals surface area contributed by atoms with E-state index in [1.807, 2.05) is 31.2 Å². The standard InChI is InChI=1S/2C25H40O4.C25H38O4.C24H38O3/c3*1-2-3-4-5-6-7-8-9-10-11-12-13-14-15-16-17-18-19-20-21-25(28)29-23-24(27)22-26;1-3-5-6-7-8-9-10-11-12-13-14-15-16-17-18-19-20-21-24(26)27-22-23(25)4-2/h6-7,9-10,12-13,15-16,18-19,24,26-27H,2-5,8,11,14,17,20-23H2,1H3;3-4,6-7,9-10,12-13,15-16,24,26-27H,2,5,8,11,14,17-23H2,1H3;3-4,6-7,9-10,12-13,15-16,18-19,24,26-27H,2,5,8,11,14,17,20-23H2,1H3;5-6,8-9,11-12,14-15,17-18,23,25H,3-4,7,10,13,16,19-22H2,1-2H3/b7-6-,10-9-,13-12-,16-15-,19-18-;4-3-,7-6-,10-9-,13-12-,16-15-;4-3-,7-6-,10-9-,13-12-,16-15-,19-18-;6-5-,9-8-,12-11-,15-14-,18-17-. The summed E-state index contributed by atoms with van der Waals surface area (Å²) in [6, 6.07) is 0. The maximum absolute atomic E-state index is 11.4. The molecule has 0 aromatic carbocycles. The molecular weight excluding hydrogens is 1430 g/mol. The number of aliphatic hydroxyl groups is 7. The van der Waals surface area contributed by atoms with Gasteiger partial charge in [0.2, 0.25) is 0 Å². The van der Waals surface area contributed by atoms with Gasteiger partial charge in [0.15, 0.2) is 0 Å². The second-order valence-electron chi connectivity index (χ2n) is 26.5. The number of allylic oxidation sites excluding steroid dienone is 42. The van der Waals surface area contributed by atoms with Crippen LogP contribution in [-0.4, -0.2) is 130 Å². The Balaban J connectivity index is -0.000000708. The van der Waals surface area contributed by atoms with Gasteiger partial charge in [-0.15, -0.1) is 0 Å². The van der Waals surface area contributed by atoms with E-state index in [9.17, 15) is 24.3 Å². The van der Waals surface area contributed by atoms with Gasteiger partial charge in [-0.3, -0.25) is 19.2 Å². The van der Waals surface area contributed by atoms with Crippen molar-refractivity contribution >= 4 is 23.9 Å². The van der Waals surface area contributed by atoms with E-state index in [2.05, 4.69) is 259 Å². The lowest BCUT2D eigenvalue weighted by molar-refractivity contribution is -0.148. The Hall–Kier alpha value is -7.86. The molecule has 0 bridgehead atoms. The number of hydrogen-bond acceptors (Lipinski definition) is 15. The Morgan fingerprint density at radius 3 is 0.640 bits per heavy atom. The van der Waals surface area contributed by atoms with Gasteiger partial charge in [-0.05, 0) is 193 Å². The highest BCUT2D eigenvalue weighted by molar-refractivity contribution is 5.70. The zero-order chi connectivity index (χ0) is 84.3. The van der Waals surface area contributed by atoms with E-state index >= 15 is 0 Å². The molecule has 114 heavy (non-hydrogen) atoms. The molecule has 0 aliphatic heterocycles. The summed E-state index contributed by atoms with van der Waals surface area (Å²) in [4.78, 5) is 45.6. The summed E-state index contributed by atoms with van der Waals surface area (Å²) in [6.45, 7) is 9.01. The molecule has 0 heterocycles. The fourth-order valence-electron chi connectivity index (χ4n) is 9.00. The van der Waals surface area contributed by atoms with E-state index in [1.165, 1.54) is 25.7 Å². The number of carbonyl (C=O) groups excluding carboxylic acids is 4. The van der Waals surface area contributed by atoms with Crippen molar-refractivity contribution in [3.8, 4) is 0 Å². The van der Waals surface area contributed by atoms with Crippen LogP contribution in [0.2, 0.25) is 0 Å². The first-order valence-electron chi connectivity index (χ1n) is 42.6. The predicted molar refractivity (Wildman–Crippen MR) is 480 cm³/mol. The lowest BCUT2D eigenvalue weighted by Crippen LogP contribution is -2.21. The SMILES string of the molecule is CC/C=C\C/C=C\C/C=C\C/C=C\C/C=C\C/C=C\CCC(=O)OCC(O)CO.CC/C=C\C/C=C\C/C=C\C/C=C\C/C=C\CCCC(=O)OCC(O)CC.CC/C=C\C/C=C\C/C=C\C/C=C\C/C=C\CCCCCC(=O)OCC(O)CO.CCCCC/C=C\C/C=C\C/C=C\C/C=C\C/C=C\CCC(=O)OCC(O)CO. The van der Waals surface area contributed by atoms with Crippen molar-refractivity contribution in [1.29, 1.82) is 0 Å². The molecule has 0 amide bonds. The lowest BCUT2D eigenvalue weighted by Gasteiger charge is -2.08. The molecule has 0 aromatic heterocycles. The van der Waals surface area contributed by atoms with Crippen molar-refractivity contribution in [2.24, 2.45) is 0 Å². The Bertz CT molecular complexity index is 2820. The largest absolute Gasteiger partial charge is 0.463 e. The van der Waals surface area contributed by atoms with Crippen molar-refractivity contribution in [3.05, 3.63) is 255 Å². The molecule has 0 aliphatic rings. The van der Waals surface area contributed by atoms with E-state index in [0.29, 0.717) is 32.1 Å². The lowest BCUT2D eigenvalue weighted by atomic mass is 10.1. The summed E-state index contributed by atoms with van der Waals surface area (Å²) in [5, 5.41) is 62.5. The van der Waals surface area contributed by atoms with Crippen LogP contribution in [0.5, 0.6) is 0 Å². The third-order valence-corrected chi connectivity index (χ3v) is 15.7. The highest BCUT2D eigenvalue weighted by atomic mass is 16.6. The van der Waals surface area contributed by atoms with Gasteiger partial charge in [0.25, 0.3) is 0 Å². The first-order chi connectivity index (χ1) is 55.8. The molecule has 4 atom stereocenters. The molecule has 0 saturated heterocycles. The van der Waals surface area contributed by atoms with E-state index in [-0.39, 0.29) is 69.8 Å². The summed E-state index contributed by atoms with van der Waals surface area (Å²) < 4.78 is 19.5. The molecule has 0 spiro atoms. The third-order valence-electron chi connectivity index (χ3n) is 15.7. The number of esters is 4. The third kappa shape index (κ3) is 106. The topological polar surface area (TPSA) is 247 Å². The van der Waals surface area contributed by atoms with E-state index in [0.717, 1.165) is 167 Å². The summed E-state index contributed by atoms with van der Waals surface area (Å²) in [7, 11) is 0. The minimum absolute atomic E-state index is 0.108. The number of ether oxygens (including phenoxy) is 4. The van der Waals surface area contributed by atoms with Crippen molar-refractivity contribution in [3.63, 3.8) is 0 Å². The van der Waals surface area contributed by atoms with Crippen molar-refractivity contribution in [1.82, 2.24) is 0 Å². The molecule has 0 rings (SSSR count). The quantitative estimate of drug-likeness (QED) is 0.0130. The van der Waals surface area contributed by atoms with Gasteiger partial charge in [0.05, 0.1) is 25.9 Å². The van der Waals surface area contributed by atoms with Crippen LogP contribution in [0.1, 0.15) is 272 Å². The highest BCUT2D eigenvalue weighted by Gasteiger charge is 2.10. The molecule has 0 radical (unpaired) electrons. The Kier molecular flexibility index (Phi) is 99.9. The average molecular weight is 1590 g/mol. The number of rotatable bonds is 69. The van der Waals surface area contributed by atoms with Crippen molar-refractivity contribution in [2.75, 3.05) is 46.2 Å². The highest BCUT2D eigenvalue weighted by Crippen LogP contribution is 2.09. The van der Waals surface area contributed by atoms with Gasteiger partial charge in [0.1, 0.15) is 44.7 Å². The second kappa shape index (κ2) is 101. The molecule has 0 saturated carbocycles. The van der Waals surface area contributed by atoms with E-state index < -0.39 is 37.6 Å². The van der Waals surface area contributed by atoms with E-state index in [4.69, 9.17) is 49.6 Å². The van der Waals surface area contributed by atoms with Crippen LogP contribution in [-0.2, 0) is 38.1 Å².